The lowest BCUT2D eigenvalue weighted by molar-refractivity contribution is 0.0283. The van der Waals surface area contributed by atoms with Crippen molar-refractivity contribution in [2.75, 3.05) is 11.3 Å². The van der Waals surface area contributed by atoms with Crippen LogP contribution >= 0.6 is 0 Å². The van der Waals surface area contributed by atoms with Crippen molar-refractivity contribution in [1.82, 2.24) is 9.97 Å². The zero-order chi connectivity index (χ0) is 19.7. The van der Waals surface area contributed by atoms with Gasteiger partial charge < -0.3 is 14.8 Å². The Kier molecular flexibility index (Phi) is 4.78. The lowest BCUT2D eigenvalue weighted by Gasteiger charge is -2.17. The highest BCUT2D eigenvalue weighted by Gasteiger charge is 2.19. The molecule has 0 saturated heterocycles. The Balaban J connectivity index is 1.83. The second kappa shape index (κ2) is 6.90. The second-order valence-corrected chi connectivity index (χ2v) is 8.21. The minimum Gasteiger partial charge on any atom is -0.489 e. The van der Waals surface area contributed by atoms with E-state index in [-0.39, 0.29) is 11.6 Å². The predicted molar refractivity (Wildman–Crippen MR) is 99.9 cm³/mol. The van der Waals surface area contributed by atoms with Crippen molar-refractivity contribution in [1.29, 1.82) is 5.26 Å². The number of hydrogen-bond donors (Lipinski definition) is 3. The minimum absolute atomic E-state index is 0.0507. The number of benzene rings is 1. The predicted octanol–water partition coefficient (Wildman–Crippen LogP) is 2.39. The second-order valence-electron chi connectivity index (χ2n) is 6.58. The summed E-state index contributed by atoms with van der Waals surface area (Å²) in [6, 6.07) is 9.82. The number of sulfonamides is 1. The molecule has 0 amide bonds. The first-order valence-electron chi connectivity index (χ1n) is 8.04. The molecule has 140 valence electrons. The molecule has 2 aromatic heterocycles. The molecule has 0 radical (unpaired) electrons. The monoisotopic (exact) mass is 386 g/mol. The first-order valence-corrected chi connectivity index (χ1v) is 9.52. The molecule has 3 rings (SSSR count). The molecule has 27 heavy (non-hydrogen) atoms. The van der Waals surface area contributed by atoms with Crippen molar-refractivity contribution in [3.05, 3.63) is 48.3 Å². The lowest BCUT2D eigenvalue weighted by Crippen LogP contribution is -2.27. The summed E-state index contributed by atoms with van der Waals surface area (Å²) in [5.74, 6) is 0.348. The summed E-state index contributed by atoms with van der Waals surface area (Å²) in [5, 5.41) is 19.2. The van der Waals surface area contributed by atoms with Gasteiger partial charge in [0.25, 0.3) is 10.0 Å². The average molecular weight is 386 g/mol. The number of para-hydroxylation sites is 1. The summed E-state index contributed by atoms with van der Waals surface area (Å²) < 4.78 is 33.1. The smallest absolute Gasteiger partial charge is 0.279 e. The lowest BCUT2D eigenvalue weighted by atomic mass is 10.2. The molecule has 1 aromatic carbocycles. The minimum atomic E-state index is -3.93. The number of nitrogens with zero attached hydrogens (tertiary/aromatic N) is 2. The number of H-pyrrole nitrogens is 1. The van der Waals surface area contributed by atoms with Gasteiger partial charge in [-0.3, -0.25) is 4.72 Å². The first kappa shape index (κ1) is 18.7. The molecular formula is C18H18N4O4S. The molecule has 0 fully saturated rings. The van der Waals surface area contributed by atoms with Gasteiger partial charge in [0.15, 0.2) is 5.03 Å². The number of aromatic amines is 1. The van der Waals surface area contributed by atoms with E-state index in [1.54, 1.807) is 32.0 Å². The number of anilines is 1. The first-order chi connectivity index (χ1) is 12.7. The Hall–Kier alpha value is -3.09. The van der Waals surface area contributed by atoms with Gasteiger partial charge in [0.2, 0.25) is 0 Å². The Morgan fingerprint density at radius 3 is 2.74 bits per heavy atom. The van der Waals surface area contributed by atoms with Crippen LogP contribution in [0.1, 0.15) is 19.4 Å². The maximum Gasteiger partial charge on any atom is 0.279 e. The topological polar surface area (TPSA) is 128 Å². The molecule has 0 saturated carbocycles. The molecule has 3 N–H and O–H groups in total. The Bertz CT molecular complexity index is 1110. The highest BCUT2D eigenvalue weighted by atomic mass is 32.2. The van der Waals surface area contributed by atoms with Gasteiger partial charge in [0, 0.05) is 11.6 Å². The van der Waals surface area contributed by atoms with E-state index in [2.05, 4.69) is 14.7 Å². The fourth-order valence-corrected chi connectivity index (χ4v) is 3.40. The Labute approximate surface area is 156 Å². The van der Waals surface area contributed by atoms with Crippen molar-refractivity contribution in [3.8, 4) is 11.8 Å². The van der Waals surface area contributed by atoms with Crippen LogP contribution in [0.3, 0.4) is 0 Å². The largest absolute Gasteiger partial charge is 0.489 e. The van der Waals surface area contributed by atoms with E-state index in [1.165, 1.54) is 24.5 Å². The molecule has 0 aliphatic carbocycles. The third-order valence-electron chi connectivity index (χ3n) is 3.66. The molecule has 0 spiro atoms. The zero-order valence-corrected chi connectivity index (χ0v) is 15.5. The van der Waals surface area contributed by atoms with Gasteiger partial charge in [-0.05, 0) is 32.0 Å². The normalized spacial score (nSPS) is 11.9. The number of nitrogens with one attached hydrogen (secondary N) is 2. The fraction of sp³-hybridized carbons (Fsp3) is 0.222. The van der Waals surface area contributed by atoms with Gasteiger partial charge in [-0.1, -0.05) is 12.1 Å². The maximum absolute atomic E-state index is 12.6. The number of aromatic nitrogens is 2. The van der Waals surface area contributed by atoms with E-state index in [4.69, 9.17) is 10.00 Å². The number of pyridine rings is 1. The highest BCUT2D eigenvalue weighted by molar-refractivity contribution is 7.92. The summed E-state index contributed by atoms with van der Waals surface area (Å²) in [4.78, 5) is 6.84. The van der Waals surface area contributed by atoms with E-state index in [1.807, 2.05) is 6.07 Å². The molecular weight excluding hydrogens is 368 g/mol. The summed E-state index contributed by atoms with van der Waals surface area (Å²) in [5.41, 5.74) is 0.252. The summed E-state index contributed by atoms with van der Waals surface area (Å²) in [6.45, 7) is 3.25. The van der Waals surface area contributed by atoms with Gasteiger partial charge in [-0.2, -0.15) is 13.7 Å². The van der Waals surface area contributed by atoms with Gasteiger partial charge in [-0.25, -0.2) is 4.98 Å². The van der Waals surface area contributed by atoms with E-state index in [0.29, 0.717) is 27.9 Å². The molecule has 0 atom stereocenters. The van der Waals surface area contributed by atoms with Gasteiger partial charge in [0.05, 0.1) is 28.6 Å². The maximum atomic E-state index is 12.6. The van der Waals surface area contributed by atoms with Crippen LogP contribution in [0.4, 0.5) is 5.69 Å². The summed E-state index contributed by atoms with van der Waals surface area (Å²) in [7, 11) is -3.93. The SMILES string of the molecule is CC(C)(O)COc1ccc(S(=O)(=O)Nc2cccc3c(C#N)c[nH]c23)nc1. The molecule has 0 bridgehead atoms. The van der Waals surface area contributed by atoms with Crippen molar-refractivity contribution in [3.63, 3.8) is 0 Å². The van der Waals surface area contributed by atoms with E-state index in [0.717, 1.165) is 0 Å². The summed E-state index contributed by atoms with van der Waals surface area (Å²) >= 11 is 0. The molecule has 3 aromatic rings. The summed E-state index contributed by atoms with van der Waals surface area (Å²) in [6.07, 6.45) is 2.80. The van der Waals surface area contributed by atoms with Crippen LogP contribution < -0.4 is 9.46 Å². The fourth-order valence-electron chi connectivity index (χ4n) is 2.40. The van der Waals surface area contributed by atoms with Gasteiger partial charge in [-0.15, -0.1) is 0 Å². The molecule has 9 heteroatoms. The van der Waals surface area contributed by atoms with Crippen LogP contribution in [-0.2, 0) is 10.0 Å². The molecule has 2 heterocycles. The number of rotatable bonds is 6. The van der Waals surface area contributed by atoms with E-state index >= 15 is 0 Å². The third-order valence-corrected chi connectivity index (χ3v) is 4.94. The zero-order valence-electron chi connectivity index (χ0n) is 14.7. The quantitative estimate of drug-likeness (QED) is 0.597. The van der Waals surface area contributed by atoms with Crippen LogP contribution in [0.15, 0.2) is 47.8 Å². The molecule has 0 unspecified atom stereocenters. The molecule has 8 nitrogen and oxygen atoms in total. The van der Waals surface area contributed by atoms with Crippen molar-refractivity contribution >= 4 is 26.6 Å². The Morgan fingerprint density at radius 1 is 1.33 bits per heavy atom. The number of aliphatic hydroxyl groups is 1. The third kappa shape index (κ3) is 4.19. The van der Waals surface area contributed by atoms with E-state index < -0.39 is 15.6 Å². The van der Waals surface area contributed by atoms with Crippen molar-refractivity contribution in [2.45, 2.75) is 24.5 Å². The van der Waals surface area contributed by atoms with Crippen LogP contribution in [0.2, 0.25) is 0 Å². The highest BCUT2D eigenvalue weighted by Crippen LogP contribution is 2.27. The van der Waals surface area contributed by atoms with Gasteiger partial charge in [0.1, 0.15) is 18.4 Å². The number of ether oxygens (including phenoxy) is 1. The Morgan fingerprint density at radius 2 is 2.11 bits per heavy atom. The van der Waals surface area contributed by atoms with Crippen LogP contribution in [-0.4, -0.2) is 35.7 Å². The van der Waals surface area contributed by atoms with Crippen molar-refractivity contribution < 1.29 is 18.3 Å². The van der Waals surface area contributed by atoms with Crippen LogP contribution in [0.25, 0.3) is 10.9 Å². The number of nitriles is 1. The van der Waals surface area contributed by atoms with E-state index in [9.17, 15) is 13.5 Å². The number of hydrogen-bond acceptors (Lipinski definition) is 6. The van der Waals surface area contributed by atoms with Crippen LogP contribution in [0, 0.1) is 11.3 Å². The van der Waals surface area contributed by atoms with Gasteiger partial charge >= 0.3 is 0 Å². The van der Waals surface area contributed by atoms with Crippen LogP contribution in [0.5, 0.6) is 5.75 Å². The standard InChI is InChI=1S/C18H18N4O4S/c1-18(2,23)11-26-13-6-7-16(20-10-13)27(24,25)22-15-5-3-4-14-12(8-19)9-21-17(14)15/h3-7,9-10,21-23H,11H2,1-2H3. The number of fused-ring (bicyclic) bond motifs is 1. The van der Waals surface area contributed by atoms with Crippen molar-refractivity contribution in [2.24, 2.45) is 0 Å². The average Bonchev–Trinajstić information content (AvgIpc) is 3.04. The molecule has 0 aliphatic heterocycles. The molecule has 0 aliphatic rings.